The first-order valence-corrected chi connectivity index (χ1v) is 8.83. The van der Waals surface area contributed by atoms with Gasteiger partial charge in [-0.25, -0.2) is 0 Å². The third-order valence-corrected chi connectivity index (χ3v) is 5.05. The Bertz CT molecular complexity index is 647. The summed E-state index contributed by atoms with van der Waals surface area (Å²) in [6.07, 6.45) is -0.638. The summed E-state index contributed by atoms with van der Waals surface area (Å²) in [7, 11) is 0. The van der Waals surface area contributed by atoms with Crippen molar-refractivity contribution in [3.05, 3.63) is 71.8 Å². The van der Waals surface area contributed by atoms with Gasteiger partial charge in [0.1, 0.15) is 6.10 Å². The first-order valence-electron chi connectivity index (χ1n) is 7.88. The standard InChI is InChI=1S/C19H20O4S/c20-17-18(23-12-15-9-5-2-6-10-15)16(24-19(17)21)13-22-11-14-7-3-1-4-8-14/h1-10,16,18-19,21H,11-13H2/t16-,18-,19?/m1/s1. The van der Waals surface area contributed by atoms with Gasteiger partial charge in [0.2, 0.25) is 5.78 Å². The van der Waals surface area contributed by atoms with E-state index in [1.54, 1.807) is 0 Å². The number of Topliss-reactive ketones (excluding diaryl/α,β-unsaturated/α-hetero) is 1. The zero-order chi connectivity index (χ0) is 16.8. The molecule has 0 spiro atoms. The third-order valence-electron chi connectivity index (χ3n) is 3.83. The third kappa shape index (κ3) is 4.45. The topological polar surface area (TPSA) is 55.8 Å². The van der Waals surface area contributed by atoms with Crippen molar-refractivity contribution in [3.63, 3.8) is 0 Å². The Morgan fingerprint density at radius 2 is 1.50 bits per heavy atom. The Morgan fingerprint density at radius 3 is 2.12 bits per heavy atom. The molecule has 4 nitrogen and oxygen atoms in total. The molecule has 0 radical (unpaired) electrons. The van der Waals surface area contributed by atoms with Gasteiger partial charge in [0.25, 0.3) is 0 Å². The number of aliphatic hydroxyl groups is 1. The first-order chi connectivity index (χ1) is 11.7. The Kier molecular flexibility index (Phi) is 6.04. The van der Waals surface area contributed by atoms with Gasteiger partial charge in [-0.3, -0.25) is 4.79 Å². The molecule has 126 valence electrons. The molecule has 1 fully saturated rings. The van der Waals surface area contributed by atoms with Crippen LogP contribution in [0.1, 0.15) is 11.1 Å². The lowest BCUT2D eigenvalue weighted by atomic mass is 10.1. The van der Waals surface area contributed by atoms with Gasteiger partial charge in [-0.2, -0.15) is 0 Å². The molecule has 0 saturated carbocycles. The van der Waals surface area contributed by atoms with E-state index in [0.29, 0.717) is 19.8 Å². The maximum Gasteiger partial charge on any atom is 0.201 e. The van der Waals surface area contributed by atoms with Gasteiger partial charge in [-0.15, -0.1) is 11.8 Å². The largest absolute Gasteiger partial charge is 0.376 e. The van der Waals surface area contributed by atoms with Crippen LogP contribution in [0.3, 0.4) is 0 Å². The molecule has 0 aliphatic carbocycles. The van der Waals surface area contributed by atoms with Gasteiger partial charge in [0.05, 0.1) is 25.1 Å². The van der Waals surface area contributed by atoms with Gasteiger partial charge >= 0.3 is 0 Å². The lowest BCUT2D eigenvalue weighted by Gasteiger charge is -2.18. The first kappa shape index (κ1) is 17.2. The molecule has 1 N–H and O–H groups in total. The van der Waals surface area contributed by atoms with Crippen molar-refractivity contribution in [2.24, 2.45) is 0 Å². The number of carbonyl (C=O) groups is 1. The van der Waals surface area contributed by atoms with E-state index >= 15 is 0 Å². The summed E-state index contributed by atoms with van der Waals surface area (Å²) in [4.78, 5) is 12.1. The van der Waals surface area contributed by atoms with Crippen LogP contribution in [0.4, 0.5) is 0 Å². The van der Waals surface area contributed by atoms with E-state index in [4.69, 9.17) is 9.47 Å². The van der Waals surface area contributed by atoms with E-state index in [9.17, 15) is 9.90 Å². The maximum atomic E-state index is 12.1. The van der Waals surface area contributed by atoms with Crippen molar-refractivity contribution in [3.8, 4) is 0 Å². The lowest BCUT2D eigenvalue weighted by Crippen LogP contribution is -2.33. The second kappa shape index (κ2) is 8.44. The molecule has 0 amide bonds. The Balaban J connectivity index is 1.53. The number of carbonyl (C=O) groups excluding carboxylic acids is 1. The Morgan fingerprint density at radius 1 is 0.917 bits per heavy atom. The van der Waals surface area contributed by atoms with Crippen LogP contribution in [-0.2, 0) is 27.5 Å². The van der Waals surface area contributed by atoms with Crippen molar-refractivity contribution in [2.75, 3.05) is 6.61 Å². The molecule has 1 saturated heterocycles. The quantitative estimate of drug-likeness (QED) is 0.837. The van der Waals surface area contributed by atoms with Crippen molar-refractivity contribution in [1.82, 2.24) is 0 Å². The van der Waals surface area contributed by atoms with E-state index in [-0.39, 0.29) is 11.0 Å². The zero-order valence-corrected chi connectivity index (χ0v) is 14.0. The fourth-order valence-corrected chi connectivity index (χ4v) is 3.70. The van der Waals surface area contributed by atoms with E-state index < -0.39 is 11.5 Å². The van der Waals surface area contributed by atoms with E-state index in [1.807, 2.05) is 60.7 Å². The molecule has 3 rings (SSSR count). The molecule has 0 bridgehead atoms. The predicted octanol–water partition coefficient (Wildman–Crippen LogP) is 2.79. The summed E-state index contributed by atoms with van der Waals surface area (Å²) in [6, 6.07) is 19.6. The zero-order valence-electron chi connectivity index (χ0n) is 13.2. The van der Waals surface area contributed by atoms with E-state index in [0.717, 1.165) is 11.1 Å². The highest BCUT2D eigenvalue weighted by molar-refractivity contribution is 8.01. The molecular formula is C19H20O4S. The number of benzene rings is 2. The highest BCUT2D eigenvalue weighted by atomic mass is 32.2. The number of rotatable bonds is 7. The van der Waals surface area contributed by atoms with Gasteiger partial charge in [0.15, 0.2) is 5.44 Å². The minimum absolute atomic E-state index is 0.195. The average Bonchev–Trinajstić information content (AvgIpc) is 2.89. The molecular weight excluding hydrogens is 324 g/mol. The highest BCUT2D eigenvalue weighted by Gasteiger charge is 2.43. The smallest absolute Gasteiger partial charge is 0.201 e. The molecule has 2 aromatic rings. The maximum absolute atomic E-state index is 12.1. The van der Waals surface area contributed by atoms with Crippen molar-refractivity contribution in [2.45, 2.75) is 30.0 Å². The minimum Gasteiger partial charge on any atom is -0.376 e. The number of ether oxygens (including phenoxy) is 2. The molecule has 2 aromatic carbocycles. The second-order valence-corrected chi connectivity index (χ2v) is 6.97. The summed E-state index contributed by atoms with van der Waals surface area (Å²) in [6.45, 7) is 1.19. The van der Waals surface area contributed by atoms with Crippen LogP contribution in [0.5, 0.6) is 0 Å². The van der Waals surface area contributed by atoms with E-state index in [1.165, 1.54) is 11.8 Å². The van der Waals surface area contributed by atoms with Gasteiger partial charge < -0.3 is 14.6 Å². The molecule has 1 heterocycles. The molecule has 24 heavy (non-hydrogen) atoms. The van der Waals surface area contributed by atoms with Gasteiger partial charge in [-0.1, -0.05) is 60.7 Å². The molecule has 1 aliphatic rings. The van der Waals surface area contributed by atoms with Crippen LogP contribution in [0.2, 0.25) is 0 Å². The summed E-state index contributed by atoms with van der Waals surface area (Å²) in [5.41, 5.74) is 1.05. The molecule has 1 aliphatic heterocycles. The minimum atomic E-state index is -1.03. The van der Waals surface area contributed by atoms with Crippen molar-refractivity contribution in [1.29, 1.82) is 0 Å². The number of hydrogen-bond donors (Lipinski definition) is 1. The van der Waals surface area contributed by atoms with Gasteiger partial charge in [0, 0.05) is 0 Å². The summed E-state index contributed by atoms with van der Waals surface area (Å²) >= 11 is 1.21. The number of ketones is 1. The average molecular weight is 344 g/mol. The molecule has 0 aromatic heterocycles. The Labute approximate surface area is 145 Å². The fraction of sp³-hybridized carbons (Fsp3) is 0.316. The van der Waals surface area contributed by atoms with E-state index in [2.05, 4.69) is 0 Å². The van der Waals surface area contributed by atoms with Crippen LogP contribution in [0.25, 0.3) is 0 Å². The second-order valence-electron chi connectivity index (χ2n) is 5.65. The number of aliphatic hydroxyl groups excluding tert-OH is 1. The van der Waals surface area contributed by atoms with Crippen LogP contribution in [0.15, 0.2) is 60.7 Å². The number of hydrogen-bond acceptors (Lipinski definition) is 5. The predicted molar refractivity (Wildman–Crippen MR) is 93.5 cm³/mol. The molecule has 3 atom stereocenters. The van der Waals surface area contributed by atoms with Gasteiger partial charge in [-0.05, 0) is 11.1 Å². The van der Waals surface area contributed by atoms with Crippen molar-refractivity contribution < 1.29 is 19.4 Å². The molecule has 5 heteroatoms. The Hall–Kier alpha value is -1.66. The lowest BCUT2D eigenvalue weighted by molar-refractivity contribution is -0.134. The summed E-state index contributed by atoms with van der Waals surface area (Å²) < 4.78 is 11.5. The van der Waals surface area contributed by atoms with Crippen LogP contribution < -0.4 is 0 Å². The highest BCUT2D eigenvalue weighted by Crippen LogP contribution is 2.32. The van der Waals surface area contributed by atoms with Crippen LogP contribution in [0, 0.1) is 0 Å². The summed E-state index contributed by atoms with van der Waals surface area (Å²) in [5.74, 6) is -0.274. The normalized spacial score (nSPS) is 23.5. The summed E-state index contributed by atoms with van der Waals surface area (Å²) in [5, 5.41) is 9.64. The fourth-order valence-electron chi connectivity index (χ4n) is 2.57. The monoisotopic (exact) mass is 344 g/mol. The van der Waals surface area contributed by atoms with Crippen LogP contribution >= 0.6 is 11.8 Å². The van der Waals surface area contributed by atoms with Crippen molar-refractivity contribution >= 4 is 17.5 Å². The molecule has 1 unspecified atom stereocenters. The SMILES string of the molecule is O=C1C(O)S[C@H](COCc2ccccc2)[C@H]1OCc1ccccc1. The number of thioether (sulfide) groups is 1. The van der Waals surface area contributed by atoms with Crippen LogP contribution in [-0.4, -0.2) is 34.3 Å².